The first-order chi connectivity index (χ1) is 14.7. The standard InChI is InChI=1S/C22H20Cl2N4O3/c1-6-31-20(30)22(3,12(2)29)13-10-11-16-19(17(13)25-4)28(5)21(26-16)27-18-14(23)8-7-9-15(18)24/h7-11H,6H2,1-3,5H3,(H,26,27). The van der Waals surface area contributed by atoms with Gasteiger partial charge in [0.2, 0.25) is 11.6 Å². The zero-order valence-corrected chi connectivity index (χ0v) is 18.9. The molecule has 1 unspecified atom stereocenters. The van der Waals surface area contributed by atoms with Crippen molar-refractivity contribution in [3.63, 3.8) is 0 Å². The molecule has 0 bridgehead atoms. The molecule has 7 nitrogen and oxygen atoms in total. The lowest BCUT2D eigenvalue weighted by molar-refractivity contribution is -0.152. The molecule has 3 rings (SSSR count). The zero-order chi connectivity index (χ0) is 22.9. The number of anilines is 2. The van der Waals surface area contributed by atoms with E-state index in [1.54, 1.807) is 48.9 Å². The topological polar surface area (TPSA) is 77.6 Å². The summed E-state index contributed by atoms with van der Waals surface area (Å²) in [5, 5.41) is 3.93. The Balaban J connectivity index is 2.23. The van der Waals surface area contributed by atoms with Crippen LogP contribution in [0.1, 0.15) is 26.3 Å². The number of carbonyl (C=O) groups is 2. The molecule has 31 heavy (non-hydrogen) atoms. The molecule has 9 heteroatoms. The summed E-state index contributed by atoms with van der Waals surface area (Å²) in [5.41, 5.74) is 0.262. The summed E-state index contributed by atoms with van der Waals surface area (Å²) in [5.74, 6) is -0.721. The number of esters is 1. The summed E-state index contributed by atoms with van der Waals surface area (Å²) in [4.78, 5) is 33.4. The predicted octanol–water partition coefficient (Wildman–Crippen LogP) is 5.58. The fourth-order valence-corrected chi connectivity index (χ4v) is 3.85. The fraction of sp³-hybridized carbons (Fsp3) is 0.273. The quantitative estimate of drug-likeness (QED) is 0.296. The van der Waals surface area contributed by atoms with Crippen LogP contribution in [0.15, 0.2) is 30.3 Å². The minimum Gasteiger partial charge on any atom is -0.465 e. The Morgan fingerprint density at radius 1 is 1.26 bits per heavy atom. The molecule has 0 amide bonds. The number of aryl methyl sites for hydroxylation is 1. The maximum absolute atomic E-state index is 12.7. The Kier molecular flexibility index (Phi) is 6.25. The Morgan fingerprint density at radius 2 is 1.90 bits per heavy atom. The summed E-state index contributed by atoms with van der Waals surface area (Å²) in [6.45, 7) is 12.4. The number of imidazole rings is 1. The van der Waals surface area contributed by atoms with Crippen molar-refractivity contribution < 1.29 is 14.3 Å². The third kappa shape index (κ3) is 3.73. The van der Waals surface area contributed by atoms with Crippen LogP contribution in [-0.4, -0.2) is 27.9 Å². The van der Waals surface area contributed by atoms with Crippen LogP contribution < -0.4 is 5.32 Å². The van der Waals surface area contributed by atoms with E-state index in [0.29, 0.717) is 32.7 Å². The predicted molar refractivity (Wildman–Crippen MR) is 121 cm³/mol. The van der Waals surface area contributed by atoms with Crippen LogP contribution >= 0.6 is 23.2 Å². The number of para-hydroxylation sites is 1. The van der Waals surface area contributed by atoms with Crippen molar-refractivity contribution in [3.8, 4) is 0 Å². The Bertz CT molecular complexity index is 1230. The minimum atomic E-state index is -1.62. The van der Waals surface area contributed by atoms with Crippen LogP contribution in [-0.2, 0) is 26.8 Å². The number of halogens is 2. The summed E-state index contributed by atoms with van der Waals surface area (Å²) in [7, 11) is 1.72. The molecule has 0 saturated heterocycles. The van der Waals surface area contributed by atoms with Crippen molar-refractivity contribution in [2.75, 3.05) is 11.9 Å². The number of aromatic nitrogens is 2. The fourth-order valence-electron chi connectivity index (χ4n) is 3.36. The summed E-state index contributed by atoms with van der Waals surface area (Å²) in [6.07, 6.45) is 0. The first-order valence-corrected chi connectivity index (χ1v) is 10.2. The van der Waals surface area contributed by atoms with Crippen molar-refractivity contribution in [1.82, 2.24) is 9.55 Å². The number of ether oxygens (including phenoxy) is 1. The molecule has 2 aromatic carbocycles. The molecule has 0 radical (unpaired) electrons. The second kappa shape index (κ2) is 8.58. The highest BCUT2D eigenvalue weighted by Crippen LogP contribution is 2.41. The van der Waals surface area contributed by atoms with Crippen molar-refractivity contribution in [2.45, 2.75) is 26.2 Å². The molecule has 1 aromatic heterocycles. The second-order valence-corrected chi connectivity index (χ2v) is 7.87. The average Bonchev–Trinajstić information content (AvgIpc) is 3.05. The number of carbonyl (C=O) groups excluding carboxylic acids is 2. The van der Waals surface area contributed by atoms with E-state index in [-0.39, 0.29) is 17.9 Å². The lowest BCUT2D eigenvalue weighted by Gasteiger charge is -2.26. The van der Waals surface area contributed by atoms with Crippen molar-refractivity contribution in [1.29, 1.82) is 0 Å². The molecular formula is C22H20Cl2N4O3. The van der Waals surface area contributed by atoms with Gasteiger partial charge in [0.05, 0.1) is 39.9 Å². The van der Waals surface area contributed by atoms with E-state index in [1.807, 2.05) is 0 Å². The molecule has 0 fully saturated rings. The van der Waals surface area contributed by atoms with Gasteiger partial charge in [-0.25, -0.2) is 9.83 Å². The number of nitrogens with zero attached hydrogens (tertiary/aromatic N) is 3. The monoisotopic (exact) mass is 458 g/mol. The molecule has 160 valence electrons. The molecule has 1 N–H and O–H groups in total. The summed E-state index contributed by atoms with van der Waals surface area (Å²) < 4.78 is 6.81. The van der Waals surface area contributed by atoms with E-state index in [4.69, 9.17) is 34.5 Å². The van der Waals surface area contributed by atoms with Crippen molar-refractivity contribution in [2.24, 2.45) is 7.05 Å². The van der Waals surface area contributed by atoms with E-state index in [2.05, 4.69) is 15.1 Å². The van der Waals surface area contributed by atoms with E-state index in [1.165, 1.54) is 13.8 Å². The van der Waals surface area contributed by atoms with Gasteiger partial charge >= 0.3 is 5.97 Å². The lowest BCUT2D eigenvalue weighted by atomic mass is 9.78. The van der Waals surface area contributed by atoms with Gasteiger partial charge in [0.25, 0.3) is 0 Å². The van der Waals surface area contributed by atoms with Gasteiger partial charge in [-0.1, -0.05) is 35.3 Å². The number of Topliss-reactive ketones (excluding diaryl/α,β-unsaturated/α-hetero) is 1. The number of benzene rings is 2. The van der Waals surface area contributed by atoms with Crippen molar-refractivity contribution in [3.05, 3.63) is 57.4 Å². The molecule has 3 aromatic rings. The maximum atomic E-state index is 12.7. The number of hydrogen-bond acceptors (Lipinski definition) is 5. The number of rotatable bonds is 6. The lowest BCUT2D eigenvalue weighted by Crippen LogP contribution is -2.41. The summed E-state index contributed by atoms with van der Waals surface area (Å²) >= 11 is 12.5. The second-order valence-electron chi connectivity index (χ2n) is 7.06. The van der Waals surface area contributed by atoms with Gasteiger partial charge < -0.3 is 14.6 Å². The van der Waals surface area contributed by atoms with Gasteiger partial charge in [-0.15, -0.1) is 0 Å². The minimum absolute atomic E-state index is 0.121. The number of ketones is 1. The third-order valence-electron chi connectivity index (χ3n) is 5.25. The van der Waals surface area contributed by atoms with Crippen LogP contribution in [0.3, 0.4) is 0 Å². The van der Waals surface area contributed by atoms with E-state index in [9.17, 15) is 9.59 Å². The van der Waals surface area contributed by atoms with Crippen LogP contribution in [0.5, 0.6) is 0 Å². The molecule has 0 saturated carbocycles. The normalized spacial score (nSPS) is 12.8. The SMILES string of the molecule is [C-]#[N+]c1c(C(C)(C(C)=O)C(=O)OCC)ccc2nc(Nc3c(Cl)cccc3Cl)n(C)c12. The maximum Gasteiger partial charge on any atom is 0.322 e. The number of hydrogen-bond donors (Lipinski definition) is 1. The van der Waals surface area contributed by atoms with Gasteiger partial charge in [-0.3, -0.25) is 9.59 Å². The number of fused-ring (bicyclic) bond motifs is 1. The van der Waals surface area contributed by atoms with Crippen LogP contribution in [0.25, 0.3) is 15.9 Å². The van der Waals surface area contributed by atoms with Gasteiger partial charge in [-0.05, 0) is 44.5 Å². The Morgan fingerprint density at radius 3 is 2.45 bits per heavy atom. The molecule has 0 aliphatic carbocycles. The molecule has 0 aliphatic rings. The Labute approximate surface area is 189 Å². The molecule has 0 spiro atoms. The van der Waals surface area contributed by atoms with E-state index < -0.39 is 17.2 Å². The first kappa shape index (κ1) is 22.6. The zero-order valence-electron chi connectivity index (χ0n) is 17.4. The smallest absolute Gasteiger partial charge is 0.322 e. The van der Waals surface area contributed by atoms with Gasteiger partial charge in [0.1, 0.15) is 11.2 Å². The largest absolute Gasteiger partial charge is 0.465 e. The number of nitrogens with one attached hydrogen (secondary N) is 1. The highest BCUT2D eigenvalue weighted by Gasteiger charge is 2.44. The molecule has 1 heterocycles. The molecular weight excluding hydrogens is 439 g/mol. The molecule has 0 aliphatic heterocycles. The highest BCUT2D eigenvalue weighted by molar-refractivity contribution is 6.39. The van der Waals surface area contributed by atoms with Crippen LogP contribution in [0, 0.1) is 6.57 Å². The van der Waals surface area contributed by atoms with Crippen LogP contribution in [0.2, 0.25) is 10.0 Å². The highest BCUT2D eigenvalue weighted by atomic mass is 35.5. The van der Waals surface area contributed by atoms with Crippen molar-refractivity contribution >= 4 is 63.3 Å². The first-order valence-electron chi connectivity index (χ1n) is 9.43. The van der Waals surface area contributed by atoms with Gasteiger partial charge in [0, 0.05) is 7.05 Å². The summed E-state index contributed by atoms with van der Waals surface area (Å²) in [6, 6.07) is 8.36. The third-order valence-corrected chi connectivity index (χ3v) is 5.88. The van der Waals surface area contributed by atoms with Gasteiger partial charge in [0.15, 0.2) is 0 Å². The van der Waals surface area contributed by atoms with Crippen LogP contribution in [0.4, 0.5) is 17.3 Å². The Hall–Kier alpha value is -3.08. The van der Waals surface area contributed by atoms with E-state index in [0.717, 1.165) is 0 Å². The van der Waals surface area contributed by atoms with E-state index >= 15 is 0 Å². The molecule has 1 atom stereocenters. The average molecular weight is 459 g/mol. The van der Waals surface area contributed by atoms with Gasteiger partial charge in [-0.2, -0.15) is 0 Å².